The second-order valence-corrected chi connectivity index (χ2v) is 7.66. The van der Waals surface area contributed by atoms with Gasteiger partial charge >= 0.3 is 6.36 Å². The minimum Gasteiger partial charge on any atom is -0.406 e. The first-order valence-corrected chi connectivity index (χ1v) is 8.42. The fourth-order valence-electron chi connectivity index (χ4n) is 1.95. The summed E-state index contributed by atoms with van der Waals surface area (Å²) >= 11 is 0. The van der Waals surface area contributed by atoms with Gasteiger partial charge in [-0.05, 0) is 43.2 Å². The van der Waals surface area contributed by atoms with Crippen LogP contribution in [-0.4, -0.2) is 29.2 Å². The molecule has 0 aliphatic rings. The molecule has 1 aromatic carbocycles. The zero-order chi connectivity index (χ0) is 18.1. The van der Waals surface area contributed by atoms with Crippen LogP contribution in [0.15, 0.2) is 30.6 Å². The number of hydrogen-bond donors (Lipinski definition) is 1. The average molecular weight is 400 g/mol. The lowest BCUT2D eigenvalue weighted by Crippen LogP contribution is -2.22. The summed E-state index contributed by atoms with van der Waals surface area (Å²) in [5.41, 5.74) is 6.56. The lowest BCUT2D eigenvalue weighted by Gasteiger charge is -2.11. The maximum Gasteiger partial charge on any atom is 0.573 e. The minimum atomic E-state index is -4.84. The number of halogens is 4. The highest BCUT2D eigenvalue weighted by Gasteiger charge is 2.31. The quantitative estimate of drug-likeness (QED) is 0.835. The van der Waals surface area contributed by atoms with Crippen molar-refractivity contribution >= 4 is 22.4 Å². The molecule has 0 aliphatic carbocycles. The average Bonchev–Trinajstić information content (AvgIpc) is 2.95. The summed E-state index contributed by atoms with van der Waals surface area (Å²) < 4.78 is 66.1. The Morgan fingerprint density at radius 2 is 1.88 bits per heavy atom. The molecule has 1 aromatic heterocycles. The Hall–Kier alpha value is -1.78. The van der Waals surface area contributed by atoms with Gasteiger partial charge in [0.1, 0.15) is 5.75 Å². The van der Waals surface area contributed by atoms with Gasteiger partial charge in [-0.25, -0.2) is 8.42 Å². The van der Waals surface area contributed by atoms with Crippen molar-refractivity contribution in [2.75, 3.05) is 0 Å². The fourth-order valence-corrected chi connectivity index (χ4v) is 2.82. The van der Waals surface area contributed by atoms with Crippen LogP contribution < -0.4 is 10.5 Å². The third-order valence-electron chi connectivity index (χ3n) is 3.19. The Balaban J connectivity index is 0.00000312. The molecule has 0 aliphatic heterocycles. The number of aromatic nitrogens is 2. The van der Waals surface area contributed by atoms with E-state index in [0.29, 0.717) is 16.7 Å². The highest BCUT2D eigenvalue weighted by Crippen LogP contribution is 2.30. The van der Waals surface area contributed by atoms with Crippen molar-refractivity contribution in [3.05, 3.63) is 36.2 Å². The van der Waals surface area contributed by atoms with Crippen molar-refractivity contribution in [1.29, 1.82) is 0 Å². The van der Waals surface area contributed by atoms with E-state index >= 15 is 0 Å². The van der Waals surface area contributed by atoms with E-state index in [1.807, 2.05) is 0 Å². The molecular formula is C14H17ClF3N3O3S. The van der Waals surface area contributed by atoms with Gasteiger partial charge in [-0.1, -0.05) is 0 Å². The number of benzene rings is 1. The van der Waals surface area contributed by atoms with Gasteiger partial charge in [0, 0.05) is 12.1 Å². The van der Waals surface area contributed by atoms with E-state index in [1.165, 1.54) is 32.3 Å². The van der Waals surface area contributed by atoms with E-state index in [0.717, 1.165) is 10.2 Å². The van der Waals surface area contributed by atoms with Crippen LogP contribution in [0.3, 0.4) is 0 Å². The summed E-state index contributed by atoms with van der Waals surface area (Å²) in [6, 6.07) is 3.87. The number of ether oxygens (including phenoxy) is 1. The standard InChI is InChI=1S/C14H16F3N3O3S.ClH/c1-9(2)24(21,22)20-8-12(7-19-20)11-3-10(6-18)4-13(5-11)23-14(15,16)17;/h3-5,7-9H,6,18H2,1-2H3;1H. The SMILES string of the molecule is CC(C)S(=O)(=O)n1cc(-c2cc(CN)cc(OC(F)(F)F)c2)cn1.Cl. The predicted octanol–water partition coefficient (Wildman–Crippen LogP) is 2.92. The van der Waals surface area contributed by atoms with Gasteiger partial charge in [0.15, 0.2) is 0 Å². The van der Waals surface area contributed by atoms with E-state index in [1.54, 1.807) is 6.07 Å². The second kappa shape index (κ2) is 7.63. The minimum absolute atomic E-state index is 0. The summed E-state index contributed by atoms with van der Waals surface area (Å²) in [7, 11) is -3.65. The molecule has 0 unspecified atom stereocenters. The molecule has 11 heteroatoms. The van der Waals surface area contributed by atoms with E-state index in [4.69, 9.17) is 5.73 Å². The molecule has 1 heterocycles. The van der Waals surface area contributed by atoms with Crippen molar-refractivity contribution in [2.45, 2.75) is 32.0 Å². The first-order chi connectivity index (χ1) is 11.0. The number of rotatable bonds is 5. The number of hydrogen-bond acceptors (Lipinski definition) is 5. The lowest BCUT2D eigenvalue weighted by atomic mass is 10.1. The molecule has 6 nitrogen and oxygen atoms in total. The van der Waals surface area contributed by atoms with Crippen molar-refractivity contribution in [2.24, 2.45) is 5.73 Å². The third-order valence-corrected chi connectivity index (χ3v) is 5.10. The van der Waals surface area contributed by atoms with Crippen LogP contribution in [0.1, 0.15) is 19.4 Å². The number of alkyl halides is 3. The monoisotopic (exact) mass is 399 g/mol. The largest absolute Gasteiger partial charge is 0.573 e. The zero-order valence-corrected chi connectivity index (χ0v) is 15.0. The molecule has 0 spiro atoms. The third kappa shape index (κ3) is 5.10. The first-order valence-electron chi connectivity index (χ1n) is 6.92. The van der Waals surface area contributed by atoms with Gasteiger partial charge < -0.3 is 10.5 Å². The Bertz CT molecular complexity index is 835. The Morgan fingerprint density at radius 3 is 2.40 bits per heavy atom. The molecule has 0 radical (unpaired) electrons. The molecule has 2 rings (SSSR count). The molecule has 0 amide bonds. The predicted molar refractivity (Wildman–Crippen MR) is 88.9 cm³/mol. The summed E-state index contributed by atoms with van der Waals surface area (Å²) in [4.78, 5) is 0. The van der Waals surface area contributed by atoms with Crippen LogP contribution >= 0.6 is 12.4 Å². The van der Waals surface area contributed by atoms with Gasteiger partial charge in [0.05, 0.1) is 17.6 Å². The second-order valence-electron chi connectivity index (χ2n) is 5.31. The fraction of sp³-hybridized carbons (Fsp3) is 0.357. The van der Waals surface area contributed by atoms with Crippen molar-refractivity contribution in [3.8, 4) is 16.9 Å². The molecule has 0 saturated carbocycles. The van der Waals surface area contributed by atoms with Crippen molar-refractivity contribution in [1.82, 2.24) is 9.19 Å². The molecule has 2 N–H and O–H groups in total. The van der Waals surface area contributed by atoms with E-state index < -0.39 is 27.4 Å². The van der Waals surface area contributed by atoms with Crippen LogP contribution in [0.4, 0.5) is 13.2 Å². The van der Waals surface area contributed by atoms with Crippen LogP contribution in [0.5, 0.6) is 5.75 Å². The molecule has 0 bridgehead atoms. The molecule has 0 saturated heterocycles. The zero-order valence-electron chi connectivity index (χ0n) is 13.3. The van der Waals surface area contributed by atoms with Crippen LogP contribution in [0.25, 0.3) is 11.1 Å². The van der Waals surface area contributed by atoms with Crippen LogP contribution in [0.2, 0.25) is 0 Å². The Morgan fingerprint density at radius 1 is 1.24 bits per heavy atom. The maximum atomic E-state index is 12.4. The van der Waals surface area contributed by atoms with Gasteiger partial charge in [-0.3, -0.25) is 0 Å². The highest BCUT2D eigenvalue weighted by molar-refractivity contribution is 7.90. The normalized spacial score (nSPS) is 12.1. The molecule has 0 fully saturated rings. The van der Waals surface area contributed by atoms with Crippen molar-refractivity contribution in [3.63, 3.8) is 0 Å². The van der Waals surface area contributed by atoms with Gasteiger partial charge in [-0.2, -0.15) is 9.19 Å². The van der Waals surface area contributed by atoms with Crippen LogP contribution in [-0.2, 0) is 16.6 Å². The topological polar surface area (TPSA) is 87.2 Å². The lowest BCUT2D eigenvalue weighted by molar-refractivity contribution is -0.274. The molecule has 2 aromatic rings. The van der Waals surface area contributed by atoms with E-state index in [-0.39, 0.29) is 19.0 Å². The summed E-state index contributed by atoms with van der Waals surface area (Å²) in [5, 5.41) is 3.09. The molecule has 25 heavy (non-hydrogen) atoms. The molecule has 140 valence electrons. The maximum absolute atomic E-state index is 12.4. The van der Waals surface area contributed by atoms with E-state index in [9.17, 15) is 21.6 Å². The summed E-state index contributed by atoms with van der Waals surface area (Å²) in [6.07, 6.45) is -2.34. The van der Waals surface area contributed by atoms with Crippen molar-refractivity contribution < 1.29 is 26.3 Å². The van der Waals surface area contributed by atoms with Gasteiger partial charge in [0.25, 0.3) is 10.0 Å². The number of nitrogens with two attached hydrogens (primary N) is 1. The summed E-state index contributed by atoms with van der Waals surface area (Å²) in [6.45, 7) is 3.00. The van der Waals surface area contributed by atoms with Crippen LogP contribution in [0, 0.1) is 0 Å². The van der Waals surface area contributed by atoms with Gasteiger partial charge in [0.2, 0.25) is 0 Å². The summed E-state index contributed by atoms with van der Waals surface area (Å²) in [5.74, 6) is -0.431. The number of nitrogens with zero attached hydrogens (tertiary/aromatic N) is 2. The van der Waals surface area contributed by atoms with E-state index in [2.05, 4.69) is 9.84 Å². The Labute approximate surface area is 149 Å². The highest BCUT2D eigenvalue weighted by atomic mass is 35.5. The smallest absolute Gasteiger partial charge is 0.406 e. The van der Waals surface area contributed by atoms with Gasteiger partial charge in [-0.15, -0.1) is 25.6 Å². The Kier molecular flexibility index (Phi) is 6.49. The molecular weight excluding hydrogens is 383 g/mol. The molecule has 0 atom stereocenters. The first kappa shape index (κ1) is 21.3.